The molecule has 0 aromatic heterocycles. The summed E-state index contributed by atoms with van der Waals surface area (Å²) in [6.45, 7) is 0.300. The average Bonchev–Trinajstić information content (AvgIpc) is 3.52. The lowest BCUT2D eigenvalue weighted by Crippen LogP contribution is -2.33. The molecule has 34 heavy (non-hydrogen) atoms. The van der Waals surface area contributed by atoms with E-state index in [4.69, 9.17) is 28.4 Å². The maximum atomic E-state index is 12.7. The molecule has 2 aromatic rings. The molecule has 2 aromatic carbocycles. The third-order valence-corrected chi connectivity index (χ3v) is 5.63. The largest absolute Gasteiger partial charge is 0.466 e. The maximum absolute atomic E-state index is 12.7. The number of allylic oxidation sites excluding steroid dienone is 1. The molecule has 0 radical (unpaired) electrons. The molecule has 2 aliphatic heterocycles. The molecule has 0 fully saturated rings. The topological polar surface area (TPSA) is 114 Å². The minimum atomic E-state index is -0.552. The second-order valence-electron chi connectivity index (χ2n) is 7.64. The van der Waals surface area contributed by atoms with Gasteiger partial charge in [-0.1, -0.05) is 0 Å². The predicted octanol–water partition coefficient (Wildman–Crippen LogP) is 2.97. The van der Waals surface area contributed by atoms with Crippen molar-refractivity contribution in [3.63, 3.8) is 0 Å². The fourth-order valence-corrected chi connectivity index (χ4v) is 3.96. The molecule has 3 aliphatic rings. The van der Waals surface area contributed by atoms with Crippen LogP contribution in [0.1, 0.15) is 6.42 Å². The summed E-state index contributed by atoms with van der Waals surface area (Å²) in [5.74, 6) is 1.42. The number of hydrogen-bond donors (Lipinski definition) is 2. The molecule has 176 valence electrons. The Bertz CT molecular complexity index is 1220. The summed E-state index contributed by atoms with van der Waals surface area (Å²) in [6.07, 6.45) is 1.77. The van der Waals surface area contributed by atoms with Gasteiger partial charge >= 0.3 is 11.9 Å². The summed E-state index contributed by atoms with van der Waals surface area (Å²) < 4.78 is 31.6. The number of nitrogens with one attached hydrogen (secondary N) is 2. The van der Waals surface area contributed by atoms with Crippen LogP contribution in [0.4, 0.5) is 11.4 Å². The average molecular weight is 466 g/mol. The third-order valence-electron chi connectivity index (χ3n) is 5.63. The van der Waals surface area contributed by atoms with Crippen molar-refractivity contribution < 1.29 is 38.0 Å². The van der Waals surface area contributed by atoms with Crippen molar-refractivity contribution in [2.75, 3.05) is 38.4 Å². The van der Waals surface area contributed by atoms with E-state index in [1.54, 1.807) is 36.4 Å². The van der Waals surface area contributed by atoms with Crippen LogP contribution in [0.25, 0.3) is 0 Å². The quantitative estimate of drug-likeness (QED) is 0.616. The molecule has 2 heterocycles. The summed E-state index contributed by atoms with van der Waals surface area (Å²) in [4.78, 5) is 25.4. The van der Waals surface area contributed by atoms with Gasteiger partial charge < -0.3 is 39.1 Å². The van der Waals surface area contributed by atoms with Crippen LogP contribution >= 0.6 is 0 Å². The minimum Gasteiger partial charge on any atom is -0.466 e. The summed E-state index contributed by atoms with van der Waals surface area (Å²) >= 11 is 0. The first-order valence-corrected chi connectivity index (χ1v) is 10.5. The lowest BCUT2D eigenvalue weighted by atomic mass is 9.90. The Kier molecular flexibility index (Phi) is 5.62. The van der Waals surface area contributed by atoms with Gasteiger partial charge in [-0.25, -0.2) is 9.59 Å². The molecule has 1 aliphatic carbocycles. The van der Waals surface area contributed by atoms with Gasteiger partial charge in [-0.2, -0.15) is 0 Å². The highest BCUT2D eigenvalue weighted by atomic mass is 16.7. The fraction of sp³-hybridized carbons (Fsp3) is 0.250. The monoisotopic (exact) mass is 466 g/mol. The zero-order chi connectivity index (χ0) is 23.7. The first-order valence-electron chi connectivity index (χ1n) is 10.5. The first kappa shape index (κ1) is 21.5. The Morgan fingerprint density at radius 3 is 2.06 bits per heavy atom. The van der Waals surface area contributed by atoms with Gasteiger partial charge in [0.05, 0.1) is 31.4 Å². The number of rotatable bonds is 6. The zero-order valence-electron chi connectivity index (χ0n) is 18.5. The van der Waals surface area contributed by atoms with Crippen molar-refractivity contribution in [3.05, 3.63) is 59.3 Å². The van der Waals surface area contributed by atoms with Crippen molar-refractivity contribution in [2.45, 2.75) is 12.5 Å². The SMILES string of the molecule is COC(=O)C1=CC(Nc2ccc3c(c2)OCO3)=C(C(=O)OC)CC1Nc1ccc2c(c1)OCO2. The van der Waals surface area contributed by atoms with Gasteiger partial charge in [0.2, 0.25) is 13.6 Å². The van der Waals surface area contributed by atoms with E-state index in [2.05, 4.69) is 10.6 Å². The normalized spacial score (nSPS) is 17.7. The van der Waals surface area contributed by atoms with Crippen LogP contribution in [0.2, 0.25) is 0 Å². The highest BCUT2D eigenvalue weighted by Crippen LogP contribution is 2.37. The number of esters is 2. The van der Waals surface area contributed by atoms with E-state index in [1.165, 1.54) is 14.2 Å². The van der Waals surface area contributed by atoms with E-state index in [0.717, 1.165) is 0 Å². The van der Waals surface area contributed by atoms with Crippen LogP contribution in [0.5, 0.6) is 23.0 Å². The number of ether oxygens (including phenoxy) is 6. The van der Waals surface area contributed by atoms with Crippen LogP contribution in [0, 0.1) is 0 Å². The van der Waals surface area contributed by atoms with Crippen LogP contribution in [0.15, 0.2) is 59.3 Å². The molecule has 0 saturated carbocycles. The molecular weight excluding hydrogens is 444 g/mol. The number of hydrogen-bond acceptors (Lipinski definition) is 10. The highest BCUT2D eigenvalue weighted by molar-refractivity contribution is 5.97. The molecule has 0 bridgehead atoms. The van der Waals surface area contributed by atoms with Crippen molar-refractivity contribution in [1.82, 2.24) is 0 Å². The van der Waals surface area contributed by atoms with Gasteiger partial charge in [0.25, 0.3) is 0 Å². The third kappa shape index (κ3) is 4.05. The van der Waals surface area contributed by atoms with Crippen molar-refractivity contribution in [1.29, 1.82) is 0 Å². The molecule has 1 atom stereocenters. The van der Waals surface area contributed by atoms with Gasteiger partial charge in [0, 0.05) is 35.6 Å². The molecule has 10 heteroatoms. The van der Waals surface area contributed by atoms with Crippen LogP contribution in [0.3, 0.4) is 0 Å². The summed E-state index contributed by atoms with van der Waals surface area (Å²) in [5.41, 5.74) is 2.49. The molecule has 1 unspecified atom stereocenters. The Labute approximate surface area is 195 Å². The summed E-state index contributed by atoms with van der Waals surface area (Å²) in [6, 6.07) is 10.1. The number of methoxy groups -OCH3 is 2. The van der Waals surface area contributed by atoms with Crippen LogP contribution in [-0.4, -0.2) is 45.8 Å². The van der Waals surface area contributed by atoms with Gasteiger partial charge in [-0.15, -0.1) is 0 Å². The van der Waals surface area contributed by atoms with E-state index in [0.29, 0.717) is 51.2 Å². The van der Waals surface area contributed by atoms with Crippen LogP contribution < -0.4 is 29.6 Å². The zero-order valence-corrected chi connectivity index (χ0v) is 18.5. The molecule has 0 saturated heterocycles. The van der Waals surface area contributed by atoms with E-state index in [1.807, 2.05) is 6.07 Å². The molecule has 10 nitrogen and oxygen atoms in total. The maximum Gasteiger partial charge on any atom is 0.335 e. The highest BCUT2D eigenvalue weighted by Gasteiger charge is 2.32. The Morgan fingerprint density at radius 2 is 1.41 bits per heavy atom. The lowest BCUT2D eigenvalue weighted by molar-refractivity contribution is -0.138. The van der Waals surface area contributed by atoms with Gasteiger partial charge in [-0.3, -0.25) is 0 Å². The van der Waals surface area contributed by atoms with E-state index in [9.17, 15) is 9.59 Å². The molecule has 0 amide bonds. The second-order valence-corrected chi connectivity index (χ2v) is 7.64. The first-order chi connectivity index (χ1) is 16.6. The van der Waals surface area contributed by atoms with Crippen molar-refractivity contribution in [2.24, 2.45) is 0 Å². The minimum absolute atomic E-state index is 0.147. The van der Waals surface area contributed by atoms with E-state index in [-0.39, 0.29) is 20.0 Å². The van der Waals surface area contributed by atoms with Gasteiger partial charge in [0.15, 0.2) is 23.0 Å². The lowest BCUT2D eigenvalue weighted by Gasteiger charge is -2.28. The van der Waals surface area contributed by atoms with Crippen LogP contribution in [-0.2, 0) is 19.1 Å². The Hall–Kier alpha value is -4.34. The summed E-state index contributed by atoms with van der Waals surface area (Å²) in [7, 11) is 2.62. The Balaban J connectivity index is 1.47. The molecule has 0 spiro atoms. The number of benzene rings is 2. The second kappa shape index (κ2) is 8.89. The smallest absolute Gasteiger partial charge is 0.335 e. The van der Waals surface area contributed by atoms with E-state index < -0.39 is 18.0 Å². The van der Waals surface area contributed by atoms with Crippen molar-refractivity contribution >= 4 is 23.3 Å². The predicted molar refractivity (Wildman–Crippen MR) is 120 cm³/mol. The number of carbonyl (C=O) groups excluding carboxylic acids is 2. The fourth-order valence-electron chi connectivity index (χ4n) is 3.96. The number of fused-ring (bicyclic) bond motifs is 2. The van der Waals surface area contributed by atoms with E-state index >= 15 is 0 Å². The number of anilines is 2. The van der Waals surface area contributed by atoms with Gasteiger partial charge in [0.1, 0.15) is 0 Å². The molecule has 5 rings (SSSR count). The Morgan fingerprint density at radius 1 is 0.824 bits per heavy atom. The molecule has 2 N–H and O–H groups in total. The molecular formula is C24H22N2O8. The standard InChI is InChI=1S/C24H22N2O8/c1-29-23(27)15-9-18(26-14-4-6-20-22(8-14)34-12-32-20)16(24(28)30-2)10-17(15)25-13-3-5-19-21(7-13)33-11-31-19/h3-9,17,25-26H,10-12H2,1-2H3. The van der Waals surface area contributed by atoms with Crippen molar-refractivity contribution in [3.8, 4) is 23.0 Å². The summed E-state index contributed by atoms with van der Waals surface area (Å²) in [5, 5.41) is 6.49. The van der Waals surface area contributed by atoms with Gasteiger partial charge in [-0.05, 0) is 30.3 Å². The number of carbonyl (C=O) groups is 2.